The average Bonchev–Trinajstić information content (AvgIpc) is 3.08. The van der Waals surface area contributed by atoms with Crippen molar-refractivity contribution in [2.75, 3.05) is 38.4 Å². The van der Waals surface area contributed by atoms with Crippen LogP contribution in [0, 0.1) is 0 Å². The third-order valence-corrected chi connectivity index (χ3v) is 2.20. The van der Waals surface area contributed by atoms with Crippen molar-refractivity contribution in [3.8, 4) is 0 Å². The summed E-state index contributed by atoms with van der Waals surface area (Å²) in [5.74, 6) is 0. The van der Waals surface area contributed by atoms with Gasteiger partial charge in [-0.1, -0.05) is 41.9 Å². The Bertz CT molecular complexity index is 162. The quantitative estimate of drug-likeness (QED) is 0.330. The van der Waals surface area contributed by atoms with Crippen molar-refractivity contribution in [1.82, 2.24) is 0 Å². The fourth-order valence-electron chi connectivity index (χ4n) is 0.821. The summed E-state index contributed by atoms with van der Waals surface area (Å²) in [7, 11) is 0. The maximum atomic E-state index is 7.88. The molecule has 1 N–H and O–H groups in total. The number of hydrogen-bond donors (Lipinski definition) is 1. The second-order valence-corrected chi connectivity index (χ2v) is 4.50. The van der Waals surface area contributed by atoms with Gasteiger partial charge in [0.2, 0.25) is 0 Å². The molecule has 0 saturated carbocycles. The zero-order valence-corrected chi connectivity index (χ0v) is 17.9. The molecular formula is C16H34BrNaO3. The zero-order valence-electron chi connectivity index (χ0n) is 15.3. The predicted octanol–water partition coefficient (Wildman–Crippen LogP) is 1.47. The van der Waals surface area contributed by atoms with Crippen LogP contribution in [0.5, 0.6) is 0 Å². The molecule has 124 valence electrons. The second kappa shape index (κ2) is 37.2. The standard InChI is InChI=1S/C6H12O.C4H8O.C3H5Br.C3H8O.Na.H/c1-3-5-7-6-4-2;1-2-4-5-3-1;2*1-2-3-4;;/h3H,1,4-6H2,2H3;1-4H2;2H,1,3H2;4H,2-3H2,1H3;;/q;;;;+1;-1. The first kappa shape index (κ1) is 29.8. The number of alkyl halides is 1. The van der Waals surface area contributed by atoms with E-state index in [9.17, 15) is 0 Å². The second-order valence-electron chi connectivity index (χ2n) is 3.85. The molecule has 0 aliphatic carbocycles. The van der Waals surface area contributed by atoms with Gasteiger partial charge in [-0.15, -0.1) is 13.2 Å². The van der Waals surface area contributed by atoms with E-state index < -0.39 is 0 Å². The Balaban J connectivity index is -0.0000000582. The number of rotatable bonds is 6. The van der Waals surface area contributed by atoms with Gasteiger partial charge in [0.15, 0.2) is 0 Å². The van der Waals surface area contributed by atoms with Crippen molar-refractivity contribution in [3.05, 3.63) is 25.3 Å². The van der Waals surface area contributed by atoms with Crippen LogP contribution in [-0.4, -0.2) is 43.5 Å². The van der Waals surface area contributed by atoms with E-state index in [-0.39, 0.29) is 31.0 Å². The van der Waals surface area contributed by atoms with Gasteiger partial charge in [0.1, 0.15) is 0 Å². The van der Waals surface area contributed by atoms with Gasteiger partial charge in [-0.2, -0.15) is 0 Å². The maximum absolute atomic E-state index is 7.88. The summed E-state index contributed by atoms with van der Waals surface area (Å²) in [4.78, 5) is 0. The van der Waals surface area contributed by atoms with Gasteiger partial charge in [0.05, 0.1) is 6.61 Å². The van der Waals surface area contributed by atoms with Crippen LogP contribution in [0.1, 0.15) is 41.0 Å². The molecule has 3 nitrogen and oxygen atoms in total. The number of allylic oxidation sites excluding steroid dienone is 1. The smallest absolute Gasteiger partial charge is 1.00 e. The zero-order chi connectivity index (χ0) is 15.9. The number of ether oxygens (including phenoxy) is 2. The summed E-state index contributed by atoms with van der Waals surface area (Å²) >= 11 is 3.13. The third-order valence-electron chi connectivity index (χ3n) is 1.74. The van der Waals surface area contributed by atoms with Gasteiger partial charge in [-0.3, -0.25) is 0 Å². The molecule has 0 atom stereocenters. The third kappa shape index (κ3) is 52.8. The molecule has 0 radical (unpaired) electrons. The summed E-state index contributed by atoms with van der Waals surface area (Å²) in [6.07, 6.45) is 8.07. The molecule has 1 heterocycles. The number of aliphatic hydroxyl groups excluding tert-OH is 1. The maximum Gasteiger partial charge on any atom is 1.00 e. The molecule has 0 spiro atoms. The van der Waals surface area contributed by atoms with Crippen LogP contribution in [0.4, 0.5) is 0 Å². The first-order valence-corrected chi connectivity index (χ1v) is 8.41. The Kier molecular flexibility index (Phi) is 52.9. The fourth-order valence-corrected chi connectivity index (χ4v) is 0.821. The van der Waals surface area contributed by atoms with E-state index >= 15 is 0 Å². The molecule has 0 aromatic carbocycles. The van der Waals surface area contributed by atoms with Gasteiger partial charge in [-0.05, 0) is 25.7 Å². The van der Waals surface area contributed by atoms with E-state index in [4.69, 9.17) is 14.6 Å². The first-order chi connectivity index (χ1) is 9.74. The van der Waals surface area contributed by atoms with E-state index in [2.05, 4.69) is 36.0 Å². The van der Waals surface area contributed by atoms with Gasteiger partial charge in [0.25, 0.3) is 0 Å². The van der Waals surface area contributed by atoms with E-state index in [0.29, 0.717) is 13.2 Å². The molecule has 1 fully saturated rings. The monoisotopic (exact) mass is 376 g/mol. The minimum absolute atomic E-state index is 0. The van der Waals surface area contributed by atoms with Crippen molar-refractivity contribution >= 4 is 15.9 Å². The SMILES string of the molecule is C1CCOC1.C=CCBr.C=CCOCCC.CCCO.[H-].[Na+]. The van der Waals surface area contributed by atoms with Crippen molar-refractivity contribution in [2.45, 2.75) is 39.5 Å². The molecule has 1 saturated heterocycles. The van der Waals surface area contributed by atoms with E-state index in [1.165, 1.54) is 12.8 Å². The molecule has 1 rings (SSSR count). The Morgan fingerprint density at radius 2 is 1.67 bits per heavy atom. The molecule has 0 unspecified atom stereocenters. The Morgan fingerprint density at radius 1 is 1.19 bits per heavy atom. The number of halogens is 1. The van der Waals surface area contributed by atoms with E-state index in [1.807, 2.05) is 6.92 Å². The van der Waals surface area contributed by atoms with Gasteiger partial charge in [0, 0.05) is 31.8 Å². The minimum Gasteiger partial charge on any atom is -1.00 e. The van der Waals surface area contributed by atoms with E-state index in [0.717, 1.165) is 38.0 Å². The normalized spacial score (nSPS) is 11.2. The molecule has 5 heteroatoms. The molecular weight excluding hydrogens is 343 g/mol. The van der Waals surface area contributed by atoms with Gasteiger partial charge >= 0.3 is 29.6 Å². The van der Waals surface area contributed by atoms with Crippen LogP contribution >= 0.6 is 15.9 Å². The van der Waals surface area contributed by atoms with Crippen molar-refractivity contribution in [3.63, 3.8) is 0 Å². The predicted molar refractivity (Wildman–Crippen MR) is 93.8 cm³/mol. The van der Waals surface area contributed by atoms with Crippen LogP contribution in [0.25, 0.3) is 0 Å². The average molecular weight is 377 g/mol. The Hall–Kier alpha value is 0.840. The van der Waals surface area contributed by atoms with E-state index in [1.54, 1.807) is 12.2 Å². The van der Waals surface area contributed by atoms with Crippen molar-refractivity contribution in [2.24, 2.45) is 0 Å². The summed E-state index contributed by atoms with van der Waals surface area (Å²) < 4.78 is 9.96. The minimum atomic E-state index is 0. The molecule has 0 bridgehead atoms. The largest absolute Gasteiger partial charge is 1.00 e. The fraction of sp³-hybridized carbons (Fsp3) is 0.750. The number of aliphatic hydroxyl groups is 1. The van der Waals surface area contributed by atoms with Crippen molar-refractivity contribution in [1.29, 1.82) is 0 Å². The van der Waals surface area contributed by atoms with Crippen LogP contribution in [0.15, 0.2) is 25.3 Å². The Morgan fingerprint density at radius 3 is 1.86 bits per heavy atom. The summed E-state index contributed by atoms with van der Waals surface area (Å²) in [5, 5.41) is 8.77. The topological polar surface area (TPSA) is 38.7 Å². The number of hydrogen-bond acceptors (Lipinski definition) is 3. The summed E-state index contributed by atoms with van der Waals surface area (Å²) in [6.45, 7) is 14.8. The van der Waals surface area contributed by atoms with Gasteiger partial charge in [-0.25, -0.2) is 0 Å². The molecule has 0 aromatic heterocycles. The first-order valence-electron chi connectivity index (χ1n) is 7.29. The van der Waals surface area contributed by atoms with Crippen LogP contribution < -0.4 is 29.6 Å². The van der Waals surface area contributed by atoms with Crippen LogP contribution in [-0.2, 0) is 9.47 Å². The molecule has 0 aromatic rings. The molecule has 1 aliphatic heterocycles. The van der Waals surface area contributed by atoms with Gasteiger partial charge < -0.3 is 16.0 Å². The van der Waals surface area contributed by atoms with Crippen LogP contribution in [0.2, 0.25) is 0 Å². The summed E-state index contributed by atoms with van der Waals surface area (Å²) in [5.41, 5.74) is 0. The molecule has 1 aliphatic rings. The Labute approximate surface area is 164 Å². The van der Waals surface area contributed by atoms with Crippen LogP contribution in [0.3, 0.4) is 0 Å². The molecule has 21 heavy (non-hydrogen) atoms. The molecule has 0 amide bonds. The summed E-state index contributed by atoms with van der Waals surface area (Å²) in [6, 6.07) is 0. The van der Waals surface area contributed by atoms with Crippen molar-refractivity contribution < 1.29 is 45.6 Å².